The fourth-order valence-electron chi connectivity index (χ4n) is 3.13. The number of benzene rings is 1. The van der Waals surface area contributed by atoms with Crippen LogP contribution in [0.25, 0.3) is 5.69 Å². The molecule has 0 atom stereocenters. The normalized spacial score (nSPS) is 11.0. The molecule has 1 amide bonds. The average Bonchev–Trinajstić information content (AvgIpc) is 3.42. The lowest BCUT2D eigenvalue weighted by molar-refractivity contribution is 0.0925. The third-order valence-electron chi connectivity index (χ3n) is 4.72. The molecule has 0 aliphatic carbocycles. The topological polar surface area (TPSA) is 87.7 Å². The summed E-state index contributed by atoms with van der Waals surface area (Å²) in [4.78, 5) is 18.8. The van der Waals surface area contributed by atoms with Gasteiger partial charge in [0, 0.05) is 50.6 Å². The van der Waals surface area contributed by atoms with Gasteiger partial charge in [0.05, 0.1) is 18.1 Å². The number of nitrogens with zero attached hydrogens (tertiary/aromatic N) is 4. The van der Waals surface area contributed by atoms with Crippen molar-refractivity contribution < 1.29 is 9.21 Å². The number of guanidine groups is 1. The Morgan fingerprint density at radius 3 is 2.69 bits per heavy atom. The number of furan rings is 1. The van der Waals surface area contributed by atoms with Crippen LogP contribution in [0.5, 0.6) is 0 Å². The number of aryl methyl sites for hydroxylation is 1. The Labute approximate surface area is 206 Å². The summed E-state index contributed by atoms with van der Waals surface area (Å²) < 4.78 is 7.08. The summed E-state index contributed by atoms with van der Waals surface area (Å²) in [5.74, 6) is 1.00. The summed E-state index contributed by atoms with van der Waals surface area (Å²) in [5, 5.41) is 10.6. The van der Waals surface area contributed by atoms with Crippen molar-refractivity contribution >= 4 is 35.8 Å². The van der Waals surface area contributed by atoms with Crippen molar-refractivity contribution in [1.82, 2.24) is 25.3 Å². The molecule has 32 heavy (non-hydrogen) atoms. The highest BCUT2D eigenvalue weighted by Gasteiger charge is 2.12. The van der Waals surface area contributed by atoms with Gasteiger partial charge in [0.15, 0.2) is 11.7 Å². The molecule has 2 N–H and O–H groups in total. The summed E-state index contributed by atoms with van der Waals surface area (Å²) in [6.07, 6.45) is 6.16. The molecule has 0 spiro atoms. The van der Waals surface area contributed by atoms with E-state index in [0.29, 0.717) is 25.4 Å². The van der Waals surface area contributed by atoms with Crippen molar-refractivity contribution in [3.05, 3.63) is 71.9 Å². The van der Waals surface area contributed by atoms with Crippen molar-refractivity contribution in [3.8, 4) is 5.69 Å². The quantitative estimate of drug-likeness (QED) is 0.184. The predicted octanol–water partition coefficient (Wildman–Crippen LogP) is 3.61. The number of carbonyl (C=O) groups excluding carboxylic acids is 1. The first-order chi connectivity index (χ1) is 15.1. The summed E-state index contributed by atoms with van der Waals surface area (Å²) in [7, 11) is 2.00. The molecule has 0 fully saturated rings. The minimum absolute atomic E-state index is 0. The Morgan fingerprint density at radius 2 is 2.00 bits per heavy atom. The number of hydrogen-bond donors (Lipinski definition) is 2. The van der Waals surface area contributed by atoms with E-state index >= 15 is 0 Å². The number of carbonyl (C=O) groups is 1. The second-order valence-electron chi connectivity index (χ2n) is 7.26. The zero-order chi connectivity index (χ0) is 22.1. The number of para-hydroxylation sites is 1. The summed E-state index contributed by atoms with van der Waals surface area (Å²) >= 11 is 0. The van der Waals surface area contributed by atoms with E-state index in [1.807, 2.05) is 68.3 Å². The van der Waals surface area contributed by atoms with Gasteiger partial charge in [-0.25, -0.2) is 4.68 Å². The molecule has 1 aromatic carbocycles. The van der Waals surface area contributed by atoms with E-state index in [4.69, 9.17) is 4.42 Å². The van der Waals surface area contributed by atoms with Gasteiger partial charge in [0.1, 0.15) is 0 Å². The maximum Gasteiger partial charge on any atom is 0.287 e. The fourth-order valence-corrected chi connectivity index (χ4v) is 3.13. The van der Waals surface area contributed by atoms with Gasteiger partial charge in [-0.05, 0) is 38.5 Å². The van der Waals surface area contributed by atoms with Crippen LogP contribution < -0.4 is 10.6 Å². The third kappa shape index (κ3) is 7.11. The zero-order valence-electron chi connectivity index (χ0n) is 18.7. The Bertz CT molecular complexity index is 999. The Balaban J connectivity index is 0.00000363. The number of hydrogen-bond acceptors (Lipinski definition) is 4. The van der Waals surface area contributed by atoms with Gasteiger partial charge in [-0.15, -0.1) is 24.0 Å². The first-order valence-electron chi connectivity index (χ1n) is 10.5. The van der Waals surface area contributed by atoms with Crippen molar-refractivity contribution in [3.63, 3.8) is 0 Å². The van der Waals surface area contributed by atoms with E-state index in [9.17, 15) is 4.79 Å². The van der Waals surface area contributed by atoms with Crippen LogP contribution in [0.1, 0.15) is 35.0 Å². The van der Waals surface area contributed by atoms with Gasteiger partial charge in [-0.2, -0.15) is 5.10 Å². The van der Waals surface area contributed by atoms with Crippen LogP contribution in [0.3, 0.4) is 0 Å². The average molecular weight is 550 g/mol. The first-order valence-corrected chi connectivity index (χ1v) is 10.5. The second kappa shape index (κ2) is 12.9. The zero-order valence-corrected chi connectivity index (χ0v) is 21.1. The minimum atomic E-state index is -0.189. The molecule has 172 valence electrons. The highest BCUT2D eigenvalue weighted by atomic mass is 127. The van der Waals surface area contributed by atoms with Crippen molar-refractivity contribution in [2.75, 3.05) is 26.7 Å². The monoisotopic (exact) mass is 550 g/mol. The summed E-state index contributed by atoms with van der Waals surface area (Å²) in [6.45, 7) is 6.50. The second-order valence-corrected chi connectivity index (χ2v) is 7.26. The van der Waals surface area contributed by atoms with Gasteiger partial charge in [-0.1, -0.05) is 18.2 Å². The number of rotatable bonds is 9. The highest BCUT2D eigenvalue weighted by molar-refractivity contribution is 14.0. The van der Waals surface area contributed by atoms with Crippen molar-refractivity contribution in [2.24, 2.45) is 4.99 Å². The number of nitrogens with one attached hydrogen (secondary N) is 2. The van der Waals surface area contributed by atoms with Crippen LogP contribution in [-0.4, -0.2) is 53.2 Å². The molecule has 0 radical (unpaired) electrons. The minimum Gasteiger partial charge on any atom is -0.459 e. The maximum absolute atomic E-state index is 12.1. The molecule has 2 heterocycles. The molecule has 0 bridgehead atoms. The third-order valence-corrected chi connectivity index (χ3v) is 4.72. The van der Waals surface area contributed by atoms with Crippen LogP contribution in [-0.2, 0) is 6.54 Å². The van der Waals surface area contributed by atoms with Crippen molar-refractivity contribution in [1.29, 1.82) is 0 Å². The standard InChI is InChI=1S/C23H30N6O2.HI/c1-4-24-23(26-13-8-12-25-22(30)21-18(2)11-14-31-21)28(3)16-19-15-27-29(17-19)20-9-6-5-7-10-20;/h5-7,9-11,14-15,17H,4,8,12-13,16H2,1-3H3,(H,24,26)(H,25,30);1H. The van der Waals surface area contributed by atoms with Gasteiger partial charge in [0.2, 0.25) is 0 Å². The molecular formula is C23H31IN6O2. The van der Waals surface area contributed by atoms with Gasteiger partial charge in [0.25, 0.3) is 5.91 Å². The van der Waals surface area contributed by atoms with Crippen LogP contribution in [0.15, 0.2) is 64.5 Å². The van der Waals surface area contributed by atoms with E-state index in [1.54, 1.807) is 6.07 Å². The van der Waals surface area contributed by atoms with E-state index in [1.165, 1.54) is 6.26 Å². The van der Waals surface area contributed by atoms with Crippen LogP contribution in [0.4, 0.5) is 0 Å². The smallest absolute Gasteiger partial charge is 0.287 e. The van der Waals surface area contributed by atoms with Crippen LogP contribution in [0.2, 0.25) is 0 Å². The van der Waals surface area contributed by atoms with Crippen molar-refractivity contribution in [2.45, 2.75) is 26.8 Å². The Hall–Kier alpha value is -2.82. The van der Waals surface area contributed by atoms with Crippen LogP contribution in [0, 0.1) is 6.92 Å². The van der Waals surface area contributed by atoms with Gasteiger partial charge >= 0.3 is 0 Å². The van der Waals surface area contributed by atoms with Gasteiger partial charge < -0.3 is 20.0 Å². The molecular weight excluding hydrogens is 519 g/mol. The molecule has 0 aliphatic heterocycles. The maximum atomic E-state index is 12.1. The number of halogens is 1. The molecule has 0 aliphatic rings. The molecule has 8 nitrogen and oxygen atoms in total. The Kier molecular flexibility index (Phi) is 10.3. The van der Waals surface area contributed by atoms with E-state index in [0.717, 1.165) is 35.7 Å². The molecule has 0 unspecified atom stereocenters. The molecule has 3 rings (SSSR count). The largest absolute Gasteiger partial charge is 0.459 e. The van der Waals surface area contributed by atoms with Crippen LogP contribution >= 0.6 is 24.0 Å². The number of aliphatic imine (C=N–C) groups is 1. The van der Waals surface area contributed by atoms with E-state index < -0.39 is 0 Å². The molecule has 0 saturated heterocycles. The van der Waals surface area contributed by atoms with Gasteiger partial charge in [-0.3, -0.25) is 9.79 Å². The van der Waals surface area contributed by atoms with E-state index in [-0.39, 0.29) is 29.9 Å². The lowest BCUT2D eigenvalue weighted by Gasteiger charge is -2.21. The number of aromatic nitrogens is 2. The summed E-state index contributed by atoms with van der Waals surface area (Å²) in [5.41, 5.74) is 2.96. The number of amides is 1. The SMILES string of the molecule is CCNC(=NCCCNC(=O)c1occc1C)N(C)Cc1cnn(-c2ccccc2)c1.I. The predicted molar refractivity (Wildman–Crippen MR) is 137 cm³/mol. The molecule has 0 saturated carbocycles. The lowest BCUT2D eigenvalue weighted by Crippen LogP contribution is -2.38. The Morgan fingerprint density at radius 1 is 1.22 bits per heavy atom. The first kappa shape index (κ1) is 25.4. The lowest BCUT2D eigenvalue weighted by atomic mass is 10.2. The highest BCUT2D eigenvalue weighted by Crippen LogP contribution is 2.10. The molecule has 2 aromatic heterocycles. The molecule has 3 aromatic rings. The summed E-state index contributed by atoms with van der Waals surface area (Å²) in [6, 6.07) is 11.8. The van der Waals surface area contributed by atoms with E-state index in [2.05, 4.69) is 25.6 Å². The molecule has 9 heteroatoms. The fraction of sp³-hybridized carbons (Fsp3) is 0.348.